The van der Waals surface area contributed by atoms with E-state index < -0.39 is 0 Å². The summed E-state index contributed by atoms with van der Waals surface area (Å²) in [4.78, 5) is 11.9. The van der Waals surface area contributed by atoms with Crippen LogP contribution in [0.5, 0.6) is 0 Å². The van der Waals surface area contributed by atoms with E-state index in [1.54, 1.807) is 0 Å². The molecule has 0 amide bonds. The van der Waals surface area contributed by atoms with Crippen LogP contribution in [-0.2, 0) is 11.2 Å². The molecule has 2 N–H and O–H groups in total. The summed E-state index contributed by atoms with van der Waals surface area (Å²) in [6.07, 6.45) is 0.491. The normalized spacial score (nSPS) is 14.6. The number of carbonyl (C=O) groups excluding carboxylic acids is 1. The predicted octanol–water partition coefficient (Wildman–Crippen LogP) is 2.40. The van der Waals surface area contributed by atoms with Crippen molar-refractivity contribution >= 4 is 5.78 Å². The van der Waals surface area contributed by atoms with Gasteiger partial charge in [-0.3, -0.25) is 4.79 Å². The van der Waals surface area contributed by atoms with Gasteiger partial charge in [0.25, 0.3) is 0 Å². The van der Waals surface area contributed by atoms with Crippen LogP contribution in [0.1, 0.15) is 30.5 Å². The Labute approximate surface area is 97.9 Å². The molecule has 0 bridgehead atoms. The number of ketones is 1. The summed E-state index contributed by atoms with van der Waals surface area (Å²) in [6, 6.07) is 6.18. The van der Waals surface area contributed by atoms with Crippen LogP contribution in [0.3, 0.4) is 0 Å². The van der Waals surface area contributed by atoms with E-state index in [4.69, 9.17) is 5.73 Å². The number of nitrogens with two attached hydrogens (primary N) is 1. The zero-order valence-corrected chi connectivity index (χ0v) is 10.6. The summed E-state index contributed by atoms with van der Waals surface area (Å²) in [5.41, 5.74) is 9.23. The Balaban J connectivity index is 2.77. The molecule has 1 aromatic rings. The number of rotatable bonds is 4. The minimum absolute atomic E-state index is 0.0687. The van der Waals surface area contributed by atoms with E-state index in [-0.39, 0.29) is 17.7 Å². The molecule has 88 valence electrons. The van der Waals surface area contributed by atoms with Crippen molar-refractivity contribution in [1.29, 1.82) is 0 Å². The zero-order chi connectivity index (χ0) is 12.3. The summed E-state index contributed by atoms with van der Waals surface area (Å²) in [5, 5.41) is 0. The van der Waals surface area contributed by atoms with Crippen molar-refractivity contribution in [2.45, 2.75) is 40.2 Å². The third-order valence-corrected chi connectivity index (χ3v) is 2.96. The van der Waals surface area contributed by atoms with Crippen LogP contribution in [0.4, 0.5) is 0 Å². The quantitative estimate of drug-likeness (QED) is 0.845. The van der Waals surface area contributed by atoms with Gasteiger partial charge in [0.05, 0.1) is 0 Å². The lowest BCUT2D eigenvalue weighted by molar-refractivity contribution is -0.122. The van der Waals surface area contributed by atoms with Crippen molar-refractivity contribution in [2.75, 3.05) is 0 Å². The molecule has 0 aliphatic rings. The van der Waals surface area contributed by atoms with E-state index in [2.05, 4.69) is 32.0 Å². The highest BCUT2D eigenvalue weighted by molar-refractivity contribution is 5.83. The Morgan fingerprint density at radius 1 is 1.19 bits per heavy atom. The molecule has 0 aliphatic carbocycles. The van der Waals surface area contributed by atoms with Gasteiger partial charge in [0.1, 0.15) is 5.78 Å². The Morgan fingerprint density at radius 2 is 1.69 bits per heavy atom. The van der Waals surface area contributed by atoms with Crippen molar-refractivity contribution in [3.63, 3.8) is 0 Å². The van der Waals surface area contributed by atoms with Gasteiger partial charge >= 0.3 is 0 Å². The summed E-state index contributed by atoms with van der Waals surface area (Å²) in [5.74, 6) is 0.154. The van der Waals surface area contributed by atoms with Gasteiger partial charge in [0.2, 0.25) is 0 Å². The molecule has 1 aromatic carbocycles. The molecular weight excluding hydrogens is 198 g/mol. The van der Waals surface area contributed by atoms with Gasteiger partial charge in [0.15, 0.2) is 0 Å². The Morgan fingerprint density at radius 3 is 2.12 bits per heavy atom. The molecule has 2 heteroatoms. The number of Topliss-reactive ketones (excluding diaryl/α,β-unsaturated/α-hetero) is 1. The fourth-order valence-corrected chi connectivity index (χ4v) is 1.83. The average Bonchev–Trinajstić information content (AvgIpc) is 2.14. The van der Waals surface area contributed by atoms with E-state index in [1.807, 2.05) is 13.8 Å². The molecular formula is C14H21NO. The predicted molar refractivity (Wildman–Crippen MR) is 67.4 cm³/mol. The van der Waals surface area contributed by atoms with Gasteiger partial charge < -0.3 is 5.73 Å². The lowest BCUT2D eigenvalue weighted by Crippen LogP contribution is -2.31. The Bertz CT molecular complexity index is 362. The number of benzene rings is 1. The fraction of sp³-hybridized carbons (Fsp3) is 0.500. The van der Waals surface area contributed by atoms with Crippen LogP contribution in [0.25, 0.3) is 0 Å². The highest BCUT2D eigenvalue weighted by Gasteiger charge is 2.17. The average molecular weight is 219 g/mol. The summed E-state index contributed by atoms with van der Waals surface area (Å²) in [6.45, 7) is 7.88. The minimum Gasteiger partial charge on any atom is -0.327 e. The fourth-order valence-electron chi connectivity index (χ4n) is 1.83. The van der Waals surface area contributed by atoms with Gasteiger partial charge in [-0.05, 0) is 26.3 Å². The minimum atomic E-state index is -0.0709. The molecule has 0 heterocycles. The van der Waals surface area contributed by atoms with Gasteiger partial charge in [-0.15, -0.1) is 0 Å². The van der Waals surface area contributed by atoms with E-state index in [9.17, 15) is 4.79 Å². The molecule has 0 fully saturated rings. The van der Waals surface area contributed by atoms with Crippen LogP contribution >= 0.6 is 0 Å². The maximum Gasteiger partial charge on any atom is 0.141 e. The molecule has 1 rings (SSSR count). The molecule has 2 nitrogen and oxygen atoms in total. The van der Waals surface area contributed by atoms with Crippen molar-refractivity contribution in [3.05, 3.63) is 34.9 Å². The maximum absolute atomic E-state index is 11.9. The zero-order valence-electron chi connectivity index (χ0n) is 10.6. The van der Waals surface area contributed by atoms with Crippen molar-refractivity contribution in [3.8, 4) is 0 Å². The Hall–Kier alpha value is -1.15. The first-order valence-electron chi connectivity index (χ1n) is 5.75. The highest BCUT2D eigenvalue weighted by Crippen LogP contribution is 2.12. The lowest BCUT2D eigenvalue weighted by atomic mass is 9.93. The molecule has 0 aliphatic heterocycles. The van der Waals surface area contributed by atoms with E-state index >= 15 is 0 Å². The number of hydrogen-bond acceptors (Lipinski definition) is 2. The van der Waals surface area contributed by atoms with Gasteiger partial charge in [-0.25, -0.2) is 0 Å². The van der Waals surface area contributed by atoms with Crippen molar-refractivity contribution in [2.24, 2.45) is 11.7 Å². The molecule has 2 atom stereocenters. The second kappa shape index (κ2) is 5.26. The summed E-state index contributed by atoms with van der Waals surface area (Å²) < 4.78 is 0. The first-order chi connectivity index (χ1) is 7.40. The molecule has 0 radical (unpaired) electrons. The van der Waals surface area contributed by atoms with Gasteiger partial charge in [-0.1, -0.05) is 36.2 Å². The summed E-state index contributed by atoms with van der Waals surface area (Å²) in [7, 11) is 0. The number of hydrogen-bond donors (Lipinski definition) is 1. The number of carbonyl (C=O) groups is 1. The van der Waals surface area contributed by atoms with Crippen molar-refractivity contribution in [1.82, 2.24) is 0 Å². The second-order valence-corrected chi connectivity index (χ2v) is 4.79. The third-order valence-electron chi connectivity index (χ3n) is 2.96. The molecule has 0 aromatic heterocycles. The van der Waals surface area contributed by atoms with Gasteiger partial charge in [-0.2, -0.15) is 0 Å². The molecule has 16 heavy (non-hydrogen) atoms. The molecule has 2 unspecified atom stereocenters. The molecule has 0 saturated carbocycles. The van der Waals surface area contributed by atoms with E-state index in [1.165, 1.54) is 11.1 Å². The van der Waals surface area contributed by atoms with Crippen LogP contribution in [0.15, 0.2) is 18.2 Å². The lowest BCUT2D eigenvalue weighted by Gasteiger charge is -2.14. The van der Waals surface area contributed by atoms with Crippen LogP contribution in [-0.4, -0.2) is 11.8 Å². The van der Waals surface area contributed by atoms with Crippen LogP contribution in [0.2, 0.25) is 0 Å². The standard InChI is InChI=1S/C14H21NO/c1-9-5-10(2)7-13(6-9)8-14(16)11(3)12(4)15/h5-7,11-12H,8,15H2,1-4H3. The monoisotopic (exact) mass is 219 g/mol. The van der Waals surface area contributed by atoms with E-state index in [0.29, 0.717) is 6.42 Å². The third kappa shape index (κ3) is 3.46. The SMILES string of the molecule is Cc1cc(C)cc(CC(=O)C(C)C(C)N)c1. The Kier molecular flexibility index (Phi) is 4.25. The highest BCUT2D eigenvalue weighted by atomic mass is 16.1. The second-order valence-electron chi connectivity index (χ2n) is 4.79. The van der Waals surface area contributed by atoms with Crippen molar-refractivity contribution < 1.29 is 4.79 Å². The van der Waals surface area contributed by atoms with Gasteiger partial charge in [0, 0.05) is 18.4 Å². The van der Waals surface area contributed by atoms with Crippen LogP contribution in [0, 0.1) is 19.8 Å². The van der Waals surface area contributed by atoms with Crippen LogP contribution < -0.4 is 5.73 Å². The molecule has 0 saturated heterocycles. The smallest absolute Gasteiger partial charge is 0.141 e. The first-order valence-corrected chi connectivity index (χ1v) is 5.75. The first kappa shape index (κ1) is 12.9. The maximum atomic E-state index is 11.9. The number of aryl methyl sites for hydroxylation is 2. The topological polar surface area (TPSA) is 43.1 Å². The van der Waals surface area contributed by atoms with E-state index in [0.717, 1.165) is 5.56 Å². The summed E-state index contributed by atoms with van der Waals surface area (Å²) >= 11 is 0. The largest absolute Gasteiger partial charge is 0.327 e. The molecule has 0 spiro atoms.